The molecule has 4 rings (SSSR count). The number of nitrogens with one attached hydrogen (secondary N) is 1. The van der Waals surface area contributed by atoms with Crippen LogP contribution in [0.3, 0.4) is 0 Å². The predicted molar refractivity (Wildman–Crippen MR) is 125 cm³/mol. The van der Waals surface area contributed by atoms with E-state index in [1.165, 1.54) is 5.52 Å². The lowest BCUT2D eigenvalue weighted by Crippen LogP contribution is -2.48. The van der Waals surface area contributed by atoms with Crippen LogP contribution in [0.2, 0.25) is 0 Å². The van der Waals surface area contributed by atoms with Crippen LogP contribution in [-0.4, -0.2) is 63.5 Å². The van der Waals surface area contributed by atoms with Crippen LogP contribution in [0.4, 0.5) is 0 Å². The molecule has 29 heavy (non-hydrogen) atoms. The Morgan fingerprint density at radius 3 is 2.93 bits per heavy atom. The van der Waals surface area contributed by atoms with E-state index >= 15 is 0 Å². The van der Waals surface area contributed by atoms with Crippen LogP contribution in [0.25, 0.3) is 11.0 Å². The number of nitrogens with zero attached hydrogens (tertiary/aromatic N) is 6. The van der Waals surface area contributed by atoms with Crippen LogP contribution >= 0.6 is 24.0 Å². The third-order valence-corrected chi connectivity index (χ3v) is 5.14. The van der Waals surface area contributed by atoms with Gasteiger partial charge in [-0.25, -0.2) is 4.98 Å². The Labute approximate surface area is 188 Å². The number of rotatable bonds is 4. The summed E-state index contributed by atoms with van der Waals surface area (Å²) < 4.78 is 9.99. The second-order valence-electron chi connectivity index (χ2n) is 7.03. The van der Waals surface area contributed by atoms with Crippen molar-refractivity contribution in [3.8, 4) is 0 Å². The summed E-state index contributed by atoms with van der Waals surface area (Å²) in [4.78, 5) is 11.4. The molecule has 1 unspecified atom stereocenters. The molecule has 1 saturated heterocycles. The Bertz CT molecular complexity index is 980. The summed E-state index contributed by atoms with van der Waals surface area (Å²) in [5.74, 6) is 1.93. The first-order chi connectivity index (χ1) is 13.7. The van der Waals surface area contributed by atoms with Crippen molar-refractivity contribution in [2.24, 2.45) is 12.0 Å². The van der Waals surface area contributed by atoms with Gasteiger partial charge in [0.25, 0.3) is 0 Å². The number of guanidine groups is 1. The molecule has 2 aromatic heterocycles. The minimum absolute atomic E-state index is 0. The topological polar surface area (TPSA) is 72.5 Å². The molecule has 8 nitrogen and oxygen atoms in total. The molecule has 1 aliphatic rings. The summed E-state index contributed by atoms with van der Waals surface area (Å²) in [7, 11) is 3.75. The lowest BCUT2D eigenvalue weighted by Gasteiger charge is -2.34. The number of halogens is 1. The Balaban J connectivity index is 0.00000240. The second kappa shape index (κ2) is 9.57. The van der Waals surface area contributed by atoms with E-state index in [0.29, 0.717) is 6.61 Å². The first-order valence-electron chi connectivity index (χ1n) is 9.63. The van der Waals surface area contributed by atoms with E-state index in [2.05, 4.69) is 55.0 Å². The zero-order valence-corrected chi connectivity index (χ0v) is 19.4. The van der Waals surface area contributed by atoms with Crippen LogP contribution < -0.4 is 5.32 Å². The van der Waals surface area contributed by atoms with Crippen molar-refractivity contribution in [1.29, 1.82) is 0 Å². The Hall–Kier alpha value is -2.14. The minimum Gasteiger partial charge on any atom is -0.370 e. The van der Waals surface area contributed by atoms with Gasteiger partial charge in [-0.15, -0.1) is 24.0 Å². The summed E-state index contributed by atoms with van der Waals surface area (Å²) >= 11 is 0. The molecule has 1 N–H and O–H groups in total. The van der Waals surface area contributed by atoms with Crippen molar-refractivity contribution >= 4 is 41.0 Å². The van der Waals surface area contributed by atoms with Gasteiger partial charge >= 0.3 is 0 Å². The highest BCUT2D eigenvalue weighted by atomic mass is 127. The average Bonchev–Trinajstić information content (AvgIpc) is 3.28. The molecule has 0 aliphatic carbocycles. The van der Waals surface area contributed by atoms with Gasteiger partial charge in [0, 0.05) is 45.5 Å². The largest absolute Gasteiger partial charge is 0.370 e. The molecule has 156 valence electrons. The van der Waals surface area contributed by atoms with E-state index in [1.807, 2.05) is 37.2 Å². The van der Waals surface area contributed by atoms with Crippen LogP contribution in [0.1, 0.15) is 17.5 Å². The summed E-state index contributed by atoms with van der Waals surface area (Å²) in [6.45, 7) is 5.92. The Morgan fingerprint density at radius 2 is 2.17 bits per heavy atom. The highest BCUT2D eigenvalue weighted by molar-refractivity contribution is 14.0. The van der Waals surface area contributed by atoms with Gasteiger partial charge in [0.15, 0.2) is 5.96 Å². The number of hydrogen-bond donors (Lipinski definition) is 1. The number of benzene rings is 1. The Morgan fingerprint density at radius 1 is 1.34 bits per heavy atom. The lowest BCUT2D eigenvalue weighted by molar-refractivity contribution is -0.00802. The normalized spacial score (nSPS) is 17.4. The molecule has 0 bridgehead atoms. The van der Waals surface area contributed by atoms with E-state index in [4.69, 9.17) is 4.74 Å². The van der Waals surface area contributed by atoms with E-state index < -0.39 is 0 Å². The zero-order chi connectivity index (χ0) is 19.5. The molecular formula is C20H28IN7O. The first kappa shape index (κ1) is 21.6. The quantitative estimate of drug-likeness (QED) is 0.332. The average molecular weight is 509 g/mol. The van der Waals surface area contributed by atoms with Crippen molar-refractivity contribution in [2.75, 3.05) is 33.3 Å². The van der Waals surface area contributed by atoms with E-state index in [0.717, 1.165) is 49.0 Å². The summed E-state index contributed by atoms with van der Waals surface area (Å²) in [6.07, 6.45) is 3.90. The maximum atomic E-state index is 5.94. The minimum atomic E-state index is 0. The van der Waals surface area contributed by atoms with Crippen LogP contribution in [0, 0.1) is 6.92 Å². The molecule has 3 heterocycles. The fourth-order valence-electron chi connectivity index (χ4n) is 3.74. The van der Waals surface area contributed by atoms with Crippen molar-refractivity contribution in [3.63, 3.8) is 0 Å². The molecule has 1 fully saturated rings. The highest BCUT2D eigenvalue weighted by Crippen LogP contribution is 2.21. The molecule has 0 spiro atoms. The van der Waals surface area contributed by atoms with E-state index in [9.17, 15) is 0 Å². The SMILES string of the molecule is CN=C(NCCn1c(C)nc2ccccc21)N1CCOC(c2cnn(C)c2)C1.I. The molecule has 1 aromatic carbocycles. The number of para-hydroxylation sites is 2. The number of aromatic nitrogens is 4. The van der Waals surface area contributed by atoms with Gasteiger partial charge in [-0.05, 0) is 19.1 Å². The van der Waals surface area contributed by atoms with Crippen molar-refractivity contribution < 1.29 is 4.74 Å². The molecule has 1 aliphatic heterocycles. The predicted octanol–water partition coefficient (Wildman–Crippen LogP) is 2.35. The van der Waals surface area contributed by atoms with Gasteiger partial charge < -0.3 is 19.5 Å². The number of hydrogen-bond acceptors (Lipinski definition) is 4. The number of fused-ring (bicyclic) bond motifs is 1. The van der Waals surface area contributed by atoms with Gasteiger partial charge in [0.2, 0.25) is 0 Å². The number of aryl methyl sites for hydroxylation is 2. The van der Waals surface area contributed by atoms with E-state index in [-0.39, 0.29) is 30.1 Å². The lowest BCUT2D eigenvalue weighted by atomic mass is 10.1. The third-order valence-electron chi connectivity index (χ3n) is 5.14. The van der Waals surface area contributed by atoms with Crippen molar-refractivity contribution in [3.05, 3.63) is 48.0 Å². The van der Waals surface area contributed by atoms with Gasteiger partial charge in [-0.2, -0.15) is 5.10 Å². The maximum Gasteiger partial charge on any atom is 0.193 e. The van der Waals surface area contributed by atoms with Crippen LogP contribution in [-0.2, 0) is 18.3 Å². The summed E-state index contributed by atoms with van der Waals surface area (Å²) in [5.41, 5.74) is 3.31. The highest BCUT2D eigenvalue weighted by Gasteiger charge is 2.25. The van der Waals surface area contributed by atoms with Crippen LogP contribution in [0.15, 0.2) is 41.7 Å². The third kappa shape index (κ3) is 4.72. The standard InChI is InChI=1S/C20H27N7O.HI/c1-15-24-17-6-4-5-7-18(17)27(15)9-8-22-20(21-2)26-10-11-28-19(14-26)16-12-23-25(3)13-16;/h4-7,12-13,19H,8-11,14H2,1-3H3,(H,21,22);1H. The number of imidazole rings is 1. The smallest absolute Gasteiger partial charge is 0.193 e. The second-order valence-corrected chi connectivity index (χ2v) is 7.03. The molecule has 9 heteroatoms. The monoisotopic (exact) mass is 509 g/mol. The van der Waals surface area contributed by atoms with Gasteiger partial charge in [-0.1, -0.05) is 12.1 Å². The Kier molecular flexibility index (Phi) is 7.12. The maximum absolute atomic E-state index is 5.94. The fraction of sp³-hybridized carbons (Fsp3) is 0.450. The molecule has 0 saturated carbocycles. The molecule has 0 radical (unpaired) electrons. The van der Waals surface area contributed by atoms with Crippen LogP contribution in [0.5, 0.6) is 0 Å². The molecule has 3 aromatic rings. The summed E-state index contributed by atoms with van der Waals surface area (Å²) in [5, 5.41) is 7.75. The molecule has 0 amide bonds. The number of morpholine rings is 1. The molecule has 1 atom stereocenters. The van der Waals surface area contributed by atoms with Crippen molar-refractivity contribution in [2.45, 2.75) is 19.6 Å². The first-order valence-corrected chi connectivity index (χ1v) is 9.63. The molecular weight excluding hydrogens is 481 g/mol. The fourth-order valence-corrected chi connectivity index (χ4v) is 3.74. The van der Waals surface area contributed by atoms with Crippen molar-refractivity contribution in [1.82, 2.24) is 29.5 Å². The zero-order valence-electron chi connectivity index (χ0n) is 17.1. The van der Waals surface area contributed by atoms with Gasteiger partial charge in [0.1, 0.15) is 11.9 Å². The van der Waals surface area contributed by atoms with Gasteiger partial charge in [0.05, 0.1) is 30.4 Å². The van der Waals surface area contributed by atoms with Gasteiger partial charge in [-0.3, -0.25) is 9.67 Å². The number of ether oxygens (including phenoxy) is 1. The van der Waals surface area contributed by atoms with E-state index in [1.54, 1.807) is 0 Å². The number of aliphatic imine (C=N–C) groups is 1. The summed E-state index contributed by atoms with van der Waals surface area (Å²) in [6, 6.07) is 8.25.